The summed E-state index contributed by atoms with van der Waals surface area (Å²) < 4.78 is 15.0. The van der Waals surface area contributed by atoms with Crippen LogP contribution in [0, 0.1) is 24.1 Å². The van der Waals surface area contributed by atoms with Crippen LogP contribution in [0.2, 0.25) is 0 Å². The zero-order valence-electron chi connectivity index (χ0n) is 12.5. The lowest BCUT2D eigenvalue weighted by Gasteiger charge is -2.22. The lowest BCUT2D eigenvalue weighted by atomic mass is 10.1. The topological polar surface area (TPSA) is 53.6 Å². The predicted octanol–water partition coefficient (Wildman–Crippen LogP) is 2.94. The van der Waals surface area contributed by atoms with E-state index in [1.54, 1.807) is 6.07 Å². The van der Waals surface area contributed by atoms with E-state index < -0.39 is 0 Å². The van der Waals surface area contributed by atoms with Gasteiger partial charge in [0.1, 0.15) is 5.82 Å². The third-order valence-corrected chi connectivity index (χ3v) is 3.68. The Balaban J connectivity index is 2.01. The molecule has 110 valence electrons. The number of hydrogen-bond acceptors (Lipinski definition) is 3. The van der Waals surface area contributed by atoms with E-state index >= 15 is 0 Å². The Labute approximate surface area is 124 Å². The Morgan fingerprint density at radius 2 is 2.19 bits per heavy atom. The Morgan fingerprint density at radius 3 is 2.81 bits per heavy atom. The number of benzene rings is 1. The molecule has 0 bridgehead atoms. The van der Waals surface area contributed by atoms with E-state index in [4.69, 9.17) is 5.26 Å². The van der Waals surface area contributed by atoms with Gasteiger partial charge in [-0.15, -0.1) is 0 Å². The van der Waals surface area contributed by atoms with Crippen LogP contribution in [0.1, 0.15) is 36.6 Å². The van der Waals surface area contributed by atoms with Crippen molar-refractivity contribution in [1.82, 2.24) is 15.1 Å². The first-order chi connectivity index (χ1) is 10.0. The zero-order valence-corrected chi connectivity index (χ0v) is 12.5. The van der Waals surface area contributed by atoms with Gasteiger partial charge in [-0.3, -0.25) is 4.68 Å². The third kappa shape index (κ3) is 3.67. The minimum atomic E-state index is -0.385. The highest BCUT2D eigenvalue weighted by atomic mass is 19.1. The van der Waals surface area contributed by atoms with Crippen molar-refractivity contribution < 1.29 is 4.39 Å². The Kier molecular flexibility index (Phi) is 4.71. The van der Waals surface area contributed by atoms with Gasteiger partial charge in [-0.05, 0) is 44.0 Å². The van der Waals surface area contributed by atoms with E-state index in [1.165, 1.54) is 12.1 Å². The number of nitrogens with one attached hydrogen (secondary N) is 1. The van der Waals surface area contributed by atoms with Gasteiger partial charge in [0, 0.05) is 18.8 Å². The predicted molar refractivity (Wildman–Crippen MR) is 79.1 cm³/mol. The van der Waals surface area contributed by atoms with Crippen molar-refractivity contribution in [1.29, 1.82) is 5.26 Å². The first kappa shape index (κ1) is 15.2. The summed E-state index contributed by atoms with van der Waals surface area (Å²) in [4.78, 5) is 0. The smallest absolute Gasteiger partial charge is 0.124 e. The average molecular weight is 286 g/mol. The van der Waals surface area contributed by atoms with Crippen molar-refractivity contribution in [2.45, 2.75) is 39.4 Å². The molecule has 0 radical (unpaired) electrons. The Bertz CT molecular complexity index is 657. The third-order valence-electron chi connectivity index (χ3n) is 3.68. The van der Waals surface area contributed by atoms with Crippen molar-refractivity contribution in [3.8, 4) is 6.07 Å². The minimum absolute atomic E-state index is 0.167. The van der Waals surface area contributed by atoms with Gasteiger partial charge >= 0.3 is 0 Å². The van der Waals surface area contributed by atoms with E-state index in [9.17, 15) is 4.39 Å². The second kappa shape index (κ2) is 6.51. The van der Waals surface area contributed by atoms with Crippen LogP contribution in [0.15, 0.2) is 30.6 Å². The molecule has 0 unspecified atom stereocenters. The number of hydrogen-bond donors (Lipinski definition) is 1. The molecule has 2 aromatic rings. The van der Waals surface area contributed by atoms with E-state index in [-0.39, 0.29) is 17.9 Å². The van der Waals surface area contributed by atoms with E-state index in [1.807, 2.05) is 30.1 Å². The molecular formula is C16H19FN4. The number of nitrogens with zero attached hydrogens (tertiary/aromatic N) is 3. The van der Waals surface area contributed by atoms with Crippen LogP contribution in [0.5, 0.6) is 0 Å². The fourth-order valence-electron chi connectivity index (χ4n) is 2.13. The maximum Gasteiger partial charge on any atom is 0.124 e. The van der Waals surface area contributed by atoms with Crippen molar-refractivity contribution in [3.63, 3.8) is 0 Å². The molecule has 1 aromatic carbocycles. The van der Waals surface area contributed by atoms with Crippen LogP contribution in [-0.2, 0) is 6.54 Å². The highest BCUT2D eigenvalue weighted by Crippen LogP contribution is 2.14. The van der Waals surface area contributed by atoms with Gasteiger partial charge in [0.25, 0.3) is 0 Å². The minimum Gasteiger partial charge on any atom is -0.308 e. The summed E-state index contributed by atoms with van der Waals surface area (Å²) in [7, 11) is 0. The van der Waals surface area contributed by atoms with Crippen LogP contribution >= 0.6 is 0 Å². The summed E-state index contributed by atoms with van der Waals surface area (Å²) >= 11 is 0. The number of halogens is 1. The summed E-state index contributed by atoms with van der Waals surface area (Å²) in [6.07, 6.45) is 3.83. The molecule has 2 atom stereocenters. The van der Waals surface area contributed by atoms with E-state index in [0.29, 0.717) is 12.1 Å². The molecule has 0 aliphatic rings. The molecule has 2 rings (SSSR count). The fourth-order valence-corrected chi connectivity index (χ4v) is 2.13. The zero-order chi connectivity index (χ0) is 15.4. The van der Waals surface area contributed by atoms with Crippen LogP contribution in [0.4, 0.5) is 4.39 Å². The molecule has 1 aromatic heterocycles. The van der Waals surface area contributed by atoms with Gasteiger partial charge < -0.3 is 5.32 Å². The molecule has 5 heteroatoms. The van der Waals surface area contributed by atoms with E-state index in [0.717, 1.165) is 11.1 Å². The summed E-state index contributed by atoms with van der Waals surface area (Å²) in [6.45, 7) is 6.68. The highest BCUT2D eigenvalue weighted by Gasteiger charge is 2.15. The van der Waals surface area contributed by atoms with E-state index in [2.05, 4.69) is 24.3 Å². The second-order valence-corrected chi connectivity index (χ2v) is 5.32. The summed E-state index contributed by atoms with van der Waals surface area (Å²) in [5, 5.41) is 16.7. The lowest BCUT2D eigenvalue weighted by molar-refractivity contribution is 0.365. The molecular weight excluding hydrogens is 267 g/mol. The van der Waals surface area contributed by atoms with Crippen molar-refractivity contribution in [2.75, 3.05) is 0 Å². The molecule has 0 spiro atoms. The number of aromatic nitrogens is 2. The lowest BCUT2D eigenvalue weighted by Crippen LogP contribution is -2.33. The van der Waals surface area contributed by atoms with Gasteiger partial charge in [0.15, 0.2) is 0 Å². The summed E-state index contributed by atoms with van der Waals surface area (Å²) in [5.41, 5.74) is 2.30. The van der Waals surface area contributed by atoms with Crippen LogP contribution in [0.25, 0.3) is 0 Å². The molecule has 0 aliphatic carbocycles. The quantitative estimate of drug-likeness (QED) is 0.919. The van der Waals surface area contributed by atoms with Gasteiger partial charge in [0.2, 0.25) is 0 Å². The Morgan fingerprint density at radius 1 is 1.43 bits per heavy atom. The highest BCUT2D eigenvalue weighted by molar-refractivity contribution is 5.37. The Hall–Kier alpha value is -2.19. The van der Waals surface area contributed by atoms with Gasteiger partial charge in [-0.1, -0.05) is 6.07 Å². The van der Waals surface area contributed by atoms with Gasteiger partial charge in [-0.25, -0.2) is 4.39 Å². The maximum atomic E-state index is 13.1. The van der Waals surface area contributed by atoms with Crippen molar-refractivity contribution in [3.05, 3.63) is 53.1 Å². The molecule has 21 heavy (non-hydrogen) atoms. The summed E-state index contributed by atoms with van der Waals surface area (Å²) in [5.74, 6) is -0.385. The van der Waals surface area contributed by atoms with Gasteiger partial charge in [0.05, 0.1) is 23.9 Å². The molecule has 0 saturated carbocycles. The molecule has 0 saturated heterocycles. The first-order valence-corrected chi connectivity index (χ1v) is 6.94. The number of nitriles is 1. The standard InChI is InChI=1S/C16H19FN4/c1-11-8-20-21(10-11)13(3)12(2)19-9-14-4-5-16(17)6-15(14)7-18/h4-6,8,10,12-13,19H,9H2,1-3H3/t12-,13-/m0/s1. The molecule has 0 amide bonds. The second-order valence-electron chi connectivity index (χ2n) is 5.32. The molecule has 0 aliphatic heterocycles. The van der Waals surface area contributed by atoms with Crippen LogP contribution < -0.4 is 5.32 Å². The average Bonchev–Trinajstić information content (AvgIpc) is 2.91. The number of aryl methyl sites for hydroxylation is 1. The normalized spacial score (nSPS) is 13.7. The molecule has 1 N–H and O–H groups in total. The van der Waals surface area contributed by atoms with Gasteiger partial charge in [-0.2, -0.15) is 10.4 Å². The maximum absolute atomic E-state index is 13.1. The summed E-state index contributed by atoms with van der Waals surface area (Å²) in [6, 6.07) is 6.67. The van der Waals surface area contributed by atoms with Crippen molar-refractivity contribution in [2.24, 2.45) is 0 Å². The fraction of sp³-hybridized carbons (Fsp3) is 0.375. The molecule has 1 heterocycles. The first-order valence-electron chi connectivity index (χ1n) is 6.94. The molecule has 0 fully saturated rings. The largest absolute Gasteiger partial charge is 0.308 e. The monoisotopic (exact) mass is 286 g/mol. The SMILES string of the molecule is Cc1cnn([C@@H](C)[C@H](C)NCc2ccc(F)cc2C#N)c1. The van der Waals surface area contributed by atoms with Crippen LogP contribution in [0.3, 0.4) is 0 Å². The molecule has 4 nitrogen and oxygen atoms in total. The van der Waals surface area contributed by atoms with Crippen molar-refractivity contribution >= 4 is 0 Å². The number of rotatable bonds is 5. The van der Waals surface area contributed by atoms with Crippen LogP contribution in [-0.4, -0.2) is 15.8 Å².